The van der Waals surface area contributed by atoms with Gasteiger partial charge in [0, 0.05) is 18.5 Å². The van der Waals surface area contributed by atoms with Gasteiger partial charge >= 0.3 is 0 Å². The largest absolute Gasteiger partial charge is 0.491 e. The van der Waals surface area contributed by atoms with E-state index >= 15 is 0 Å². The van der Waals surface area contributed by atoms with E-state index in [1.165, 1.54) is 5.56 Å². The molecule has 0 aromatic heterocycles. The Hall–Kier alpha value is -1.55. The first-order valence-electron chi connectivity index (χ1n) is 8.13. The zero-order valence-corrected chi connectivity index (χ0v) is 14.5. The van der Waals surface area contributed by atoms with Gasteiger partial charge in [-0.1, -0.05) is 19.1 Å². The van der Waals surface area contributed by atoms with Crippen LogP contribution in [0, 0.1) is 5.92 Å². The first-order valence-corrected chi connectivity index (χ1v) is 8.13. The maximum absolute atomic E-state index is 11.9. The van der Waals surface area contributed by atoms with Crippen molar-refractivity contribution in [2.75, 3.05) is 13.6 Å². The summed E-state index contributed by atoms with van der Waals surface area (Å²) in [7, 11) is 1.86. The monoisotopic (exact) mass is 306 g/mol. The molecule has 0 saturated carbocycles. The molecule has 0 heterocycles. The van der Waals surface area contributed by atoms with Crippen LogP contribution in [0.25, 0.3) is 0 Å². The van der Waals surface area contributed by atoms with Crippen LogP contribution in [0.15, 0.2) is 24.3 Å². The van der Waals surface area contributed by atoms with Crippen LogP contribution >= 0.6 is 0 Å². The predicted octanol–water partition coefficient (Wildman–Crippen LogP) is 2.77. The predicted molar refractivity (Wildman–Crippen MR) is 91.2 cm³/mol. The summed E-state index contributed by atoms with van der Waals surface area (Å²) in [5, 5.41) is 6.09. The van der Waals surface area contributed by atoms with E-state index in [0.717, 1.165) is 18.6 Å². The lowest BCUT2D eigenvalue weighted by Gasteiger charge is -2.17. The second-order valence-corrected chi connectivity index (χ2v) is 6.22. The molecular weight excluding hydrogens is 276 g/mol. The van der Waals surface area contributed by atoms with Crippen molar-refractivity contribution >= 4 is 5.91 Å². The van der Waals surface area contributed by atoms with Gasteiger partial charge in [-0.25, -0.2) is 0 Å². The summed E-state index contributed by atoms with van der Waals surface area (Å²) in [6, 6.07) is 8.38. The van der Waals surface area contributed by atoms with Gasteiger partial charge in [-0.15, -0.1) is 0 Å². The number of hydrogen-bond acceptors (Lipinski definition) is 3. The molecule has 0 aliphatic heterocycles. The molecule has 1 aromatic carbocycles. The lowest BCUT2D eigenvalue weighted by Crippen LogP contribution is -2.39. The number of ether oxygens (including phenoxy) is 1. The fourth-order valence-electron chi connectivity index (χ4n) is 2.25. The molecule has 1 aromatic rings. The summed E-state index contributed by atoms with van der Waals surface area (Å²) < 4.78 is 5.63. The van der Waals surface area contributed by atoms with E-state index in [4.69, 9.17) is 4.74 Å². The quantitative estimate of drug-likeness (QED) is 0.737. The third kappa shape index (κ3) is 6.94. The van der Waals surface area contributed by atoms with Crippen molar-refractivity contribution in [2.45, 2.75) is 52.7 Å². The summed E-state index contributed by atoms with van der Waals surface area (Å²) >= 11 is 0. The first kappa shape index (κ1) is 18.5. The molecule has 0 saturated heterocycles. The summed E-state index contributed by atoms with van der Waals surface area (Å²) in [6.07, 6.45) is 2.08. The minimum Gasteiger partial charge on any atom is -0.491 e. The molecule has 0 fully saturated rings. The average Bonchev–Trinajstić information content (AvgIpc) is 2.46. The fourth-order valence-corrected chi connectivity index (χ4v) is 2.25. The molecule has 2 unspecified atom stereocenters. The standard InChI is InChI=1S/C18H30N2O2/c1-13(2)22-17-10-8-16(9-11-17)7-6-15(4)20-18(21)14(3)12-19-5/h8-11,13-15,19H,6-7,12H2,1-5H3,(H,20,21). The van der Waals surface area contributed by atoms with Crippen LogP contribution in [0.4, 0.5) is 0 Å². The van der Waals surface area contributed by atoms with Crippen molar-refractivity contribution < 1.29 is 9.53 Å². The number of carbonyl (C=O) groups is 1. The number of benzene rings is 1. The Balaban J connectivity index is 2.37. The van der Waals surface area contributed by atoms with Gasteiger partial charge in [0.05, 0.1) is 6.10 Å². The van der Waals surface area contributed by atoms with E-state index in [1.807, 2.05) is 40.0 Å². The van der Waals surface area contributed by atoms with Crippen molar-refractivity contribution in [3.63, 3.8) is 0 Å². The van der Waals surface area contributed by atoms with E-state index in [0.29, 0.717) is 6.54 Å². The third-order valence-electron chi connectivity index (χ3n) is 3.51. The highest BCUT2D eigenvalue weighted by Crippen LogP contribution is 2.15. The lowest BCUT2D eigenvalue weighted by atomic mass is 10.0. The Kier molecular flexibility index (Phi) is 7.96. The second kappa shape index (κ2) is 9.46. The number of hydrogen-bond donors (Lipinski definition) is 2. The first-order chi connectivity index (χ1) is 10.4. The lowest BCUT2D eigenvalue weighted by molar-refractivity contribution is -0.125. The summed E-state index contributed by atoms with van der Waals surface area (Å²) in [5.41, 5.74) is 1.26. The molecule has 4 nitrogen and oxygen atoms in total. The normalized spacial score (nSPS) is 13.7. The minimum absolute atomic E-state index is 0.0000780. The summed E-state index contributed by atoms with van der Waals surface area (Å²) in [5.74, 6) is 1.02. The van der Waals surface area contributed by atoms with Gasteiger partial charge in [0.15, 0.2) is 0 Å². The Labute approximate surface area is 134 Å². The van der Waals surface area contributed by atoms with Crippen LogP contribution in [-0.2, 0) is 11.2 Å². The molecule has 0 aliphatic rings. The van der Waals surface area contributed by atoms with Crippen LogP contribution in [-0.4, -0.2) is 31.6 Å². The molecule has 0 radical (unpaired) electrons. The average molecular weight is 306 g/mol. The second-order valence-electron chi connectivity index (χ2n) is 6.22. The number of nitrogens with one attached hydrogen (secondary N) is 2. The highest BCUT2D eigenvalue weighted by atomic mass is 16.5. The van der Waals surface area contributed by atoms with Crippen LogP contribution in [0.2, 0.25) is 0 Å². The van der Waals surface area contributed by atoms with Crippen molar-refractivity contribution in [1.82, 2.24) is 10.6 Å². The highest BCUT2D eigenvalue weighted by Gasteiger charge is 2.14. The number of carbonyl (C=O) groups excluding carboxylic acids is 1. The van der Waals surface area contributed by atoms with Crippen molar-refractivity contribution in [3.8, 4) is 5.75 Å². The van der Waals surface area contributed by atoms with Gasteiger partial charge < -0.3 is 15.4 Å². The molecule has 0 aliphatic carbocycles. The Bertz CT molecular complexity index is 443. The molecular formula is C18H30N2O2. The van der Waals surface area contributed by atoms with Crippen LogP contribution in [0.1, 0.15) is 39.7 Å². The van der Waals surface area contributed by atoms with Crippen LogP contribution in [0.5, 0.6) is 5.75 Å². The summed E-state index contributed by atoms with van der Waals surface area (Å²) in [6.45, 7) is 8.74. The zero-order valence-electron chi connectivity index (χ0n) is 14.5. The maximum Gasteiger partial charge on any atom is 0.224 e. The van der Waals surface area contributed by atoms with E-state index < -0.39 is 0 Å². The van der Waals surface area contributed by atoms with Gasteiger partial charge in [0.25, 0.3) is 0 Å². The minimum atomic E-state index is -0.0000780. The maximum atomic E-state index is 11.9. The number of rotatable bonds is 9. The van der Waals surface area contributed by atoms with Gasteiger partial charge in [-0.05, 0) is 58.4 Å². The van der Waals surface area contributed by atoms with Crippen molar-refractivity contribution in [3.05, 3.63) is 29.8 Å². The van der Waals surface area contributed by atoms with Gasteiger partial charge in [0.2, 0.25) is 5.91 Å². The molecule has 2 N–H and O–H groups in total. The topological polar surface area (TPSA) is 50.4 Å². The van der Waals surface area contributed by atoms with E-state index in [-0.39, 0.29) is 24.0 Å². The molecule has 1 amide bonds. The van der Waals surface area contributed by atoms with E-state index in [9.17, 15) is 4.79 Å². The van der Waals surface area contributed by atoms with Crippen LogP contribution in [0.3, 0.4) is 0 Å². The van der Waals surface area contributed by atoms with Gasteiger partial charge in [-0.2, -0.15) is 0 Å². The molecule has 1 rings (SSSR count). The SMILES string of the molecule is CNCC(C)C(=O)NC(C)CCc1ccc(OC(C)C)cc1. The number of aryl methyl sites for hydroxylation is 1. The third-order valence-corrected chi connectivity index (χ3v) is 3.51. The molecule has 4 heteroatoms. The van der Waals surface area contributed by atoms with Gasteiger partial charge in [-0.3, -0.25) is 4.79 Å². The zero-order chi connectivity index (χ0) is 16.5. The number of amides is 1. The molecule has 22 heavy (non-hydrogen) atoms. The highest BCUT2D eigenvalue weighted by molar-refractivity contribution is 5.78. The van der Waals surface area contributed by atoms with E-state index in [2.05, 4.69) is 29.7 Å². The molecule has 0 spiro atoms. The smallest absolute Gasteiger partial charge is 0.224 e. The Morgan fingerprint density at radius 1 is 1.14 bits per heavy atom. The molecule has 0 bridgehead atoms. The fraction of sp³-hybridized carbons (Fsp3) is 0.611. The van der Waals surface area contributed by atoms with Crippen molar-refractivity contribution in [1.29, 1.82) is 0 Å². The Morgan fingerprint density at radius 2 is 1.77 bits per heavy atom. The molecule has 2 atom stereocenters. The molecule has 124 valence electrons. The van der Waals surface area contributed by atoms with E-state index in [1.54, 1.807) is 0 Å². The Morgan fingerprint density at radius 3 is 2.32 bits per heavy atom. The van der Waals surface area contributed by atoms with Crippen molar-refractivity contribution in [2.24, 2.45) is 5.92 Å². The van der Waals surface area contributed by atoms with Crippen LogP contribution < -0.4 is 15.4 Å². The van der Waals surface area contributed by atoms with Gasteiger partial charge in [0.1, 0.15) is 5.75 Å². The summed E-state index contributed by atoms with van der Waals surface area (Å²) in [4.78, 5) is 11.9.